The number of nitrogens with zero attached hydrogens (tertiary/aromatic N) is 2. The van der Waals surface area contributed by atoms with E-state index in [9.17, 15) is 0 Å². The molecule has 0 saturated carbocycles. The highest BCUT2D eigenvalue weighted by molar-refractivity contribution is 7.98. The van der Waals surface area contributed by atoms with Crippen LogP contribution in [0.1, 0.15) is 19.2 Å². The molecular formula is C17H16Cl2N2S. The van der Waals surface area contributed by atoms with E-state index in [2.05, 4.69) is 17.6 Å². The summed E-state index contributed by atoms with van der Waals surface area (Å²) in [6, 6.07) is 13.8. The molecule has 0 atom stereocenters. The molecule has 0 aliphatic carbocycles. The summed E-state index contributed by atoms with van der Waals surface area (Å²) in [6.07, 6.45) is 1.08. The zero-order valence-electron chi connectivity index (χ0n) is 12.2. The van der Waals surface area contributed by atoms with Gasteiger partial charge < -0.3 is 4.57 Å². The number of thioether (sulfide) groups is 1. The van der Waals surface area contributed by atoms with Crippen LogP contribution in [0.15, 0.2) is 47.4 Å². The van der Waals surface area contributed by atoms with Gasteiger partial charge in [0, 0.05) is 21.5 Å². The first kappa shape index (κ1) is 15.7. The first-order valence-corrected chi connectivity index (χ1v) is 8.94. The van der Waals surface area contributed by atoms with Crippen molar-refractivity contribution in [1.29, 1.82) is 0 Å². The van der Waals surface area contributed by atoms with Gasteiger partial charge in [-0.2, -0.15) is 0 Å². The monoisotopic (exact) mass is 350 g/mol. The third-order valence-corrected chi connectivity index (χ3v) is 4.91. The molecule has 5 heteroatoms. The zero-order valence-corrected chi connectivity index (χ0v) is 14.5. The third-order valence-electron chi connectivity index (χ3n) is 3.42. The van der Waals surface area contributed by atoms with Crippen molar-refractivity contribution in [3.8, 4) is 0 Å². The lowest BCUT2D eigenvalue weighted by molar-refractivity contribution is 0.673. The first-order chi connectivity index (χ1) is 10.7. The maximum atomic E-state index is 6.08. The van der Waals surface area contributed by atoms with E-state index in [4.69, 9.17) is 28.2 Å². The molecule has 3 rings (SSSR count). The van der Waals surface area contributed by atoms with Gasteiger partial charge in [0.2, 0.25) is 0 Å². The van der Waals surface area contributed by atoms with Gasteiger partial charge in [0.25, 0.3) is 0 Å². The second-order valence-electron chi connectivity index (χ2n) is 5.06. The Morgan fingerprint density at radius 2 is 1.77 bits per heavy atom. The largest absolute Gasteiger partial charge is 0.327 e. The summed E-state index contributed by atoms with van der Waals surface area (Å²) in [5, 5.41) is 1.49. The highest BCUT2D eigenvalue weighted by Crippen LogP contribution is 2.27. The van der Waals surface area contributed by atoms with E-state index >= 15 is 0 Å². The Hall–Kier alpha value is -1.16. The van der Waals surface area contributed by atoms with Crippen LogP contribution in [0.25, 0.3) is 11.0 Å². The fourth-order valence-electron chi connectivity index (χ4n) is 2.41. The normalized spacial score (nSPS) is 11.2. The summed E-state index contributed by atoms with van der Waals surface area (Å²) in [5.41, 5.74) is 2.12. The number of halogens is 2. The highest BCUT2D eigenvalue weighted by Gasteiger charge is 2.11. The Morgan fingerprint density at radius 3 is 2.50 bits per heavy atom. The number of benzene rings is 2. The molecule has 0 spiro atoms. The van der Waals surface area contributed by atoms with E-state index in [0.717, 1.165) is 45.6 Å². The Kier molecular flexibility index (Phi) is 4.97. The van der Waals surface area contributed by atoms with Crippen LogP contribution in [0.2, 0.25) is 10.0 Å². The fraction of sp³-hybridized carbons (Fsp3) is 0.235. The summed E-state index contributed by atoms with van der Waals surface area (Å²) in [4.78, 5) is 5.95. The van der Waals surface area contributed by atoms with Crippen molar-refractivity contribution in [3.63, 3.8) is 0 Å². The Bertz CT molecular complexity index is 781. The Morgan fingerprint density at radius 1 is 1.05 bits per heavy atom. The minimum absolute atomic E-state index is 0.727. The van der Waals surface area contributed by atoms with Crippen molar-refractivity contribution in [2.75, 3.05) is 0 Å². The summed E-state index contributed by atoms with van der Waals surface area (Å²) >= 11 is 13.8. The number of rotatable bonds is 5. The van der Waals surface area contributed by atoms with Gasteiger partial charge in [-0.25, -0.2) is 4.98 Å². The number of fused-ring (bicyclic) bond motifs is 1. The third kappa shape index (κ3) is 3.43. The number of aromatic nitrogens is 2. The van der Waals surface area contributed by atoms with Gasteiger partial charge in [-0.05, 0) is 48.9 Å². The van der Waals surface area contributed by atoms with Crippen LogP contribution in [0.3, 0.4) is 0 Å². The predicted molar refractivity (Wildman–Crippen MR) is 96.0 cm³/mol. The minimum Gasteiger partial charge on any atom is -0.327 e. The van der Waals surface area contributed by atoms with Gasteiger partial charge in [0.1, 0.15) is 5.82 Å². The Labute approximate surface area is 144 Å². The van der Waals surface area contributed by atoms with E-state index < -0.39 is 0 Å². The molecule has 1 aromatic heterocycles. The van der Waals surface area contributed by atoms with Crippen LogP contribution in [0.5, 0.6) is 0 Å². The lowest BCUT2D eigenvalue weighted by atomic mass is 10.3. The molecule has 0 fully saturated rings. The van der Waals surface area contributed by atoms with E-state index in [1.165, 1.54) is 4.90 Å². The van der Waals surface area contributed by atoms with Crippen LogP contribution in [0.4, 0.5) is 0 Å². The molecule has 0 amide bonds. The van der Waals surface area contributed by atoms with Gasteiger partial charge in [0.15, 0.2) is 0 Å². The Balaban J connectivity index is 1.88. The first-order valence-electron chi connectivity index (χ1n) is 7.20. The van der Waals surface area contributed by atoms with Crippen LogP contribution < -0.4 is 0 Å². The molecule has 0 aliphatic rings. The van der Waals surface area contributed by atoms with Crippen molar-refractivity contribution in [3.05, 3.63) is 58.3 Å². The van der Waals surface area contributed by atoms with Crippen molar-refractivity contribution in [1.82, 2.24) is 9.55 Å². The maximum absolute atomic E-state index is 6.08. The zero-order chi connectivity index (χ0) is 15.5. The quantitative estimate of drug-likeness (QED) is 0.521. The van der Waals surface area contributed by atoms with Gasteiger partial charge in [-0.15, -0.1) is 11.8 Å². The number of hydrogen-bond acceptors (Lipinski definition) is 2. The summed E-state index contributed by atoms with van der Waals surface area (Å²) in [6.45, 7) is 3.15. The highest BCUT2D eigenvalue weighted by atomic mass is 35.5. The second-order valence-corrected chi connectivity index (χ2v) is 6.98. The molecule has 22 heavy (non-hydrogen) atoms. The van der Waals surface area contributed by atoms with Crippen LogP contribution in [0, 0.1) is 0 Å². The predicted octanol–water partition coefficient (Wildman–Crippen LogP) is 6.05. The van der Waals surface area contributed by atoms with E-state index in [0.29, 0.717) is 0 Å². The van der Waals surface area contributed by atoms with E-state index in [1.54, 1.807) is 11.8 Å². The number of hydrogen-bond donors (Lipinski definition) is 0. The maximum Gasteiger partial charge on any atom is 0.120 e. The molecule has 0 aliphatic heterocycles. The van der Waals surface area contributed by atoms with Gasteiger partial charge in [-0.1, -0.05) is 30.1 Å². The molecular weight excluding hydrogens is 335 g/mol. The lowest BCUT2D eigenvalue weighted by Crippen LogP contribution is -2.02. The standard InChI is InChI=1S/C17H16Cl2N2S/c1-2-9-21-16-8-5-13(19)10-15(16)20-17(21)11-22-14-6-3-12(18)4-7-14/h3-8,10H,2,9,11H2,1H3. The topological polar surface area (TPSA) is 17.8 Å². The van der Waals surface area contributed by atoms with Gasteiger partial charge in [-0.3, -0.25) is 0 Å². The summed E-state index contributed by atoms with van der Waals surface area (Å²) < 4.78 is 2.29. The van der Waals surface area contributed by atoms with Gasteiger partial charge in [0.05, 0.1) is 16.8 Å². The molecule has 1 heterocycles. The van der Waals surface area contributed by atoms with Crippen molar-refractivity contribution in [2.45, 2.75) is 30.5 Å². The minimum atomic E-state index is 0.727. The molecule has 0 saturated heterocycles. The van der Waals surface area contributed by atoms with E-state index in [-0.39, 0.29) is 0 Å². The SMILES string of the molecule is CCCn1c(CSc2ccc(Cl)cc2)nc2cc(Cl)ccc21. The molecule has 0 unspecified atom stereocenters. The number of aryl methyl sites for hydroxylation is 1. The van der Waals surface area contributed by atoms with Crippen molar-refractivity contribution < 1.29 is 0 Å². The summed E-state index contributed by atoms with van der Waals surface area (Å²) in [7, 11) is 0. The smallest absolute Gasteiger partial charge is 0.120 e. The molecule has 0 bridgehead atoms. The fourth-order valence-corrected chi connectivity index (χ4v) is 3.55. The lowest BCUT2D eigenvalue weighted by Gasteiger charge is -2.07. The van der Waals surface area contributed by atoms with Crippen LogP contribution in [-0.2, 0) is 12.3 Å². The summed E-state index contributed by atoms with van der Waals surface area (Å²) in [5.74, 6) is 1.91. The molecule has 3 aromatic rings. The molecule has 114 valence electrons. The van der Waals surface area contributed by atoms with E-state index in [1.807, 2.05) is 36.4 Å². The molecule has 2 nitrogen and oxygen atoms in total. The second kappa shape index (κ2) is 6.95. The molecule has 0 N–H and O–H groups in total. The molecule has 0 radical (unpaired) electrons. The van der Waals surface area contributed by atoms with Crippen LogP contribution in [-0.4, -0.2) is 9.55 Å². The average Bonchev–Trinajstić information content (AvgIpc) is 2.84. The van der Waals surface area contributed by atoms with Crippen molar-refractivity contribution in [2.24, 2.45) is 0 Å². The van der Waals surface area contributed by atoms with Crippen molar-refractivity contribution >= 4 is 46.0 Å². The van der Waals surface area contributed by atoms with Crippen LogP contribution >= 0.6 is 35.0 Å². The van der Waals surface area contributed by atoms with Gasteiger partial charge >= 0.3 is 0 Å². The number of imidazole rings is 1. The average molecular weight is 351 g/mol. The molecule has 2 aromatic carbocycles.